The van der Waals surface area contributed by atoms with Crippen LogP contribution < -0.4 is 21.2 Å². The molecule has 2 heterocycles. The van der Waals surface area contributed by atoms with Crippen LogP contribution in [0.15, 0.2) is 51.6 Å². The van der Waals surface area contributed by atoms with Gasteiger partial charge in [0, 0.05) is 0 Å². The van der Waals surface area contributed by atoms with Crippen LogP contribution in [0.2, 0.25) is 0 Å². The first kappa shape index (κ1) is 14.1. The van der Waals surface area contributed by atoms with Crippen molar-refractivity contribution in [1.82, 2.24) is 0 Å². The van der Waals surface area contributed by atoms with Gasteiger partial charge < -0.3 is 4.74 Å². The molecule has 1 aromatic rings. The highest BCUT2D eigenvalue weighted by Crippen LogP contribution is 2.51. The van der Waals surface area contributed by atoms with Gasteiger partial charge in [0.25, 0.3) is 0 Å². The fraction of sp³-hybridized carbons (Fsp3) is 0.333. The van der Waals surface area contributed by atoms with Crippen molar-refractivity contribution in [3.05, 3.63) is 55.2 Å². The molecular weight excluding hydrogens is 380 g/mol. The molecule has 5 heteroatoms. The summed E-state index contributed by atoms with van der Waals surface area (Å²) in [4.78, 5) is 0. The Balaban J connectivity index is 2.09. The highest BCUT2D eigenvalue weighted by molar-refractivity contribution is 5.47. The van der Waals surface area contributed by atoms with Crippen LogP contribution in [0.4, 0.5) is 13.2 Å². The first-order chi connectivity index (χ1) is 9.25. The van der Waals surface area contributed by atoms with Crippen molar-refractivity contribution in [2.24, 2.45) is 0 Å². The number of benzene rings is 1. The number of halogens is 4. The van der Waals surface area contributed by atoms with Crippen LogP contribution in [-0.2, 0) is 4.74 Å². The van der Waals surface area contributed by atoms with E-state index in [4.69, 9.17) is 4.74 Å². The number of fused-ring (bicyclic) bond motifs is 2. The Bertz CT molecular complexity index is 605. The zero-order valence-electron chi connectivity index (χ0n) is 11.0. The second-order valence-corrected chi connectivity index (χ2v) is 8.09. The summed E-state index contributed by atoms with van der Waals surface area (Å²) in [6, 6.07) is 9.35. The molecule has 0 N–H and O–H groups in total. The molecule has 3 rings (SSSR count). The highest BCUT2D eigenvalue weighted by Gasteiger charge is 2.65. The van der Waals surface area contributed by atoms with Gasteiger partial charge in [-0.05, 0) is 38.1 Å². The highest BCUT2D eigenvalue weighted by atomic mass is 127. The minimum atomic E-state index is -4.35. The van der Waals surface area contributed by atoms with Crippen LogP contribution >= 0.6 is 0 Å². The molecule has 106 valence electrons. The number of ether oxygens (including phenoxy) is 1. The molecule has 0 saturated carbocycles. The summed E-state index contributed by atoms with van der Waals surface area (Å²) in [6.45, 7) is 3.23. The number of alkyl halides is 3. The monoisotopic (exact) mass is 393 g/mol. The van der Waals surface area contributed by atoms with Crippen LogP contribution in [0.25, 0.3) is 0 Å². The van der Waals surface area contributed by atoms with E-state index in [0.717, 1.165) is 3.57 Å². The molecule has 1 aromatic carbocycles. The van der Waals surface area contributed by atoms with E-state index in [1.54, 1.807) is 13.0 Å². The van der Waals surface area contributed by atoms with Gasteiger partial charge >= 0.3 is 27.4 Å². The summed E-state index contributed by atoms with van der Waals surface area (Å²) < 4.78 is 47.4. The van der Waals surface area contributed by atoms with E-state index in [1.165, 1.54) is 13.0 Å². The standard InChI is InChI=1S/C15H13F3IO/c1-13-8-9-14(2,20-13)12(11(13)15(16,17)18)19-10-6-4-3-5-7-10/h3-9H,1-2H3/q+1. The molecule has 0 fully saturated rings. The lowest BCUT2D eigenvalue weighted by atomic mass is 9.90. The minimum Gasteiger partial charge on any atom is -0.347 e. The number of hydrogen-bond acceptors (Lipinski definition) is 1. The largest absolute Gasteiger partial charge is 0.419 e. The lowest BCUT2D eigenvalue weighted by Crippen LogP contribution is -3.61. The predicted molar refractivity (Wildman–Crippen MR) is 65.3 cm³/mol. The summed E-state index contributed by atoms with van der Waals surface area (Å²) in [5.74, 6) is 0. The van der Waals surface area contributed by atoms with Gasteiger partial charge in [0.2, 0.25) is 3.58 Å². The van der Waals surface area contributed by atoms with Gasteiger partial charge in [-0.25, -0.2) is 0 Å². The SMILES string of the molecule is CC12C=CC(C)(O1)C(C(F)(F)F)=C2[I+]c1ccccc1. The van der Waals surface area contributed by atoms with Crippen LogP contribution in [0.1, 0.15) is 13.8 Å². The maximum atomic E-state index is 13.4. The van der Waals surface area contributed by atoms with Crippen molar-refractivity contribution >= 4 is 0 Å². The zero-order valence-corrected chi connectivity index (χ0v) is 13.1. The Kier molecular flexibility index (Phi) is 3.06. The molecule has 0 aromatic heterocycles. The van der Waals surface area contributed by atoms with Crippen molar-refractivity contribution < 1.29 is 39.1 Å². The zero-order chi connectivity index (χ0) is 14.6. The van der Waals surface area contributed by atoms with Gasteiger partial charge in [-0.15, -0.1) is 0 Å². The number of hydrogen-bond donors (Lipinski definition) is 0. The molecule has 1 nitrogen and oxygen atoms in total. The van der Waals surface area contributed by atoms with Gasteiger partial charge in [-0.3, -0.25) is 0 Å². The van der Waals surface area contributed by atoms with Gasteiger partial charge in [0.1, 0.15) is 11.2 Å². The summed E-state index contributed by atoms with van der Waals surface area (Å²) in [6.07, 6.45) is -1.05. The molecule has 20 heavy (non-hydrogen) atoms. The van der Waals surface area contributed by atoms with E-state index in [9.17, 15) is 13.2 Å². The Labute approximate surface area is 125 Å². The first-order valence-electron chi connectivity index (χ1n) is 6.17. The molecule has 2 bridgehead atoms. The maximum Gasteiger partial charge on any atom is 0.419 e. The van der Waals surface area contributed by atoms with Crippen molar-refractivity contribution in [2.45, 2.75) is 31.2 Å². The molecule has 2 unspecified atom stereocenters. The van der Waals surface area contributed by atoms with Crippen LogP contribution in [0, 0.1) is 3.57 Å². The third-order valence-corrected chi connectivity index (χ3v) is 7.01. The van der Waals surface area contributed by atoms with Gasteiger partial charge in [-0.1, -0.05) is 18.2 Å². The van der Waals surface area contributed by atoms with E-state index >= 15 is 0 Å². The maximum absolute atomic E-state index is 13.4. The summed E-state index contributed by atoms with van der Waals surface area (Å²) >= 11 is -0.898. The van der Waals surface area contributed by atoms with Crippen molar-refractivity contribution in [2.75, 3.05) is 0 Å². The Morgan fingerprint density at radius 3 is 2.20 bits per heavy atom. The van der Waals surface area contributed by atoms with Crippen molar-refractivity contribution in [3.8, 4) is 0 Å². The van der Waals surface area contributed by atoms with E-state index < -0.39 is 44.2 Å². The summed E-state index contributed by atoms with van der Waals surface area (Å²) in [7, 11) is 0. The third kappa shape index (κ3) is 2.11. The normalized spacial score (nSPS) is 32.2. The average molecular weight is 393 g/mol. The average Bonchev–Trinajstić information content (AvgIpc) is 2.76. The van der Waals surface area contributed by atoms with Gasteiger partial charge in [-0.2, -0.15) is 13.2 Å². The fourth-order valence-corrected chi connectivity index (χ4v) is 6.01. The quantitative estimate of drug-likeness (QED) is 0.536. The Morgan fingerprint density at radius 2 is 1.60 bits per heavy atom. The molecular formula is C15H13F3IO+. The topological polar surface area (TPSA) is 9.23 Å². The molecule has 2 atom stereocenters. The van der Waals surface area contributed by atoms with Crippen LogP contribution in [0.3, 0.4) is 0 Å². The minimum absolute atomic E-state index is 0.431. The molecule has 0 spiro atoms. The second kappa shape index (κ2) is 4.34. The second-order valence-electron chi connectivity index (χ2n) is 5.23. The lowest BCUT2D eigenvalue weighted by molar-refractivity contribution is -0.586. The molecule has 0 amide bonds. The Hall–Kier alpha value is -0.820. The molecule has 0 radical (unpaired) electrons. The fourth-order valence-electron chi connectivity index (χ4n) is 2.68. The van der Waals surface area contributed by atoms with Crippen molar-refractivity contribution in [3.63, 3.8) is 0 Å². The first-order valence-corrected chi connectivity index (χ1v) is 8.33. The molecule has 0 aliphatic carbocycles. The predicted octanol–water partition coefficient (Wildman–Crippen LogP) is 0.879. The molecule has 2 aliphatic heterocycles. The van der Waals surface area contributed by atoms with Crippen LogP contribution in [-0.4, -0.2) is 17.4 Å². The van der Waals surface area contributed by atoms with Gasteiger partial charge in [0.05, 0.1) is 0 Å². The van der Waals surface area contributed by atoms with E-state index in [0.29, 0.717) is 3.58 Å². The smallest absolute Gasteiger partial charge is 0.347 e. The van der Waals surface area contributed by atoms with E-state index in [-0.39, 0.29) is 0 Å². The van der Waals surface area contributed by atoms with Crippen LogP contribution in [0.5, 0.6) is 0 Å². The van der Waals surface area contributed by atoms with Crippen molar-refractivity contribution in [1.29, 1.82) is 0 Å². The van der Waals surface area contributed by atoms with E-state index in [2.05, 4.69) is 0 Å². The lowest BCUT2D eigenvalue weighted by Gasteiger charge is -2.22. The molecule has 0 saturated heterocycles. The Morgan fingerprint density at radius 1 is 1.00 bits per heavy atom. The summed E-state index contributed by atoms with van der Waals surface area (Å²) in [5.41, 5.74) is -2.72. The van der Waals surface area contributed by atoms with Gasteiger partial charge in [0.15, 0.2) is 9.17 Å². The molecule has 2 aliphatic rings. The van der Waals surface area contributed by atoms with E-state index in [1.807, 2.05) is 30.3 Å². The third-order valence-electron chi connectivity index (χ3n) is 3.52. The number of rotatable bonds is 2. The summed E-state index contributed by atoms with van der Waals surface area (Å²) in [5, 5.41) is 0.